The second-order valence-electron chi connectivity index (χ2n) is 3.48. The summed E-state index contributed by atoms with van der Waals surface area (Å²) in [5.74, 6) is 2.47. The van der Waals surface area contributed by atoms with E-state index in [1.165, 1.54) is 0 Å². The topological polar surface area (TPSA) is 80.0 Å². The third-order valence-corrected chi connectivity index (χ3v) is 2.55. The predicted octanol–water partition coefficient (Wildman–Crippen LogP) is 0.685. The molecule has 0 atom stereocenters. The number of nitrogens with one attached hydrogen (secondary N) is 1. The number of aromatic nitrogens is 3. The van der Waals surface area contributed by atoms with Crippen molar-refractivity contribution in [3.8, 4) is 0 Å². The van der Waals surface area contributed by atoms with E-state index in [9.17, 15) is 0 Å². The lowest BCUT2D eigenvalue weighted by Crippen LogP contribution is -2.17. The zero-order valence-corrected chi connectivity index (χ0v) is 10.7. The molecule has 0 fully saturated rings. The summed E-state index contributed by atoms with van der Waals surface area (Å²) < 4.78 is 0. The van der Waals surface area contributed by atoms with Crippen LogP contribution >= 0.6 is 11.8 Å². The highest BCUT2D eigenvalue weighted by Crippen LogP contribution is 2.09. The summed E-state index contributed by atoms with van der Waals surface area (Å²) >= 11 is 1.82. The molecule has 0 aliphatic rings. The van der Waals surface area contributed by atoms with Crippen LogP contribution in [0.15, 0.2) is 0 Å². The van der Waals surface area contributed by atoms with Gasteiger partial charge in [0.15, 0.2) is 0 Å². The Bertz CT molecular complexity index is 330. The van der Waals surface area contributed by atoms with Gasteiger partial charge in [0.2, 0.25) is 17.8 Å². The summed E-state index contributed by atoms with van der Waals surface area (Å²) in [5.41, 5.74) is 5.59. The summed E-state index contributed by atoms with van der Waals surface area (Å²) in [6.07, 6.45) is 3.16. The molecule has 3 N–H and O–H groups in total. The van der Waals surface area contributed by atoms with Gasteiger partial charge in [-0.15, -0.1) is 0 Å². The molecule has 0 amide bonds. The first-order valence-corrected chi connectivity index (χ1v) is 6.44. The molecule has 1 heterocycles. The molecule has 0 radical (unpaired) electrons. The lowest BCUT2D eigenvalue weighted by molar-refractivity contribution is 0.927. The second kappa shape index (κ2) is 6.37. The van der Waals surface area contributed by atoms with Crippen LogP contribution in [0.1, 0.15) is 6.42 Å². The van der Waals surface area contributed by atoms with Crippen LogP contribution in [0, 0.1) is 0 Å². The van der Waals surface area contributed by atoms with Crippen LogP contribution in [-0.4, -0.2) is 47.6 Å². The minimum atomic E-state index is 0.242. The van der Waals surface area contributed by atoms with E-state index in [2.05, 4.69) is 26.5 Å². The number of thioether (sulfide) groups is 1. The highest BCUT2D eigenvalue weighted by Gasteiger charge is 2.04. The van der Waals surface area contributed by atoms with E-state index in [1.807, 2.05) is 25.9 Å². The van der Waals surface area contributed by atoms with Gasteiger partial charge in [-0.1, -0.05) is 0 Å². The van der Waals surface area contributed by atoms with E-state index in [-0.39, 0.29) is 5.95 Å². The fraction of sp³-hybridized carbons (Fsp3) is 0.667. The number of nitrogens with zero attached hydrogens (tertiary/aromatic N) is 4. The van der Waals surface area contributed by atoms with Crippen LogP contribution in [0.3, 0.4) is 0 Å². The molecule has 0 aromatic carbocycles. The first-order valence-electron chi connectivity index (χ1n) is 5.05. The molecule has 0 aliphatic heterocycles. The zero-order chi connectivity index (χ0) is 12.0. The molecule has 90 valence electrons. The van der Waals surface area contributed by atoms with Crippen molar-refractivity contribution >= 4 is 29.6 Å². The Balaban J connectivity index is 2.58. The molecule has 16 heavy (non-hydrogen) atoms. The minimum absolute atomic E-state index is 0.242. The van der Waals surface area contributed by atoms with Crippen molar-refractivity contribution < 1.29 is 0 Å². The molecular weight excluding hydrogens is 224 g/mol. The van der Waals surface area contributed by atoms with Gasteiger partial charge in [0.25, 0.3) is 0 Å². The number of hydrogen-bond donors (Lipinski definition) is 2. The minimum Gasteiger partial charge on any atom is -0.368 e. The molecule has 0 unspecified atom stereocenters. The largest absolute Gasteiger partial charge is 0.368 e. The molecular formula is C9H18N6S. The standard InChI is InChI=1S/C9H18N6S/c1-15(2)9-13-7(10)12-8(14-9)11-5-4-6-16-3/h4-6H2,1-3H3,(H3,10,11,12,13,14). The first kappa shape index (κ1) is 12.8. The summed E-state index contributed by atoms with van der Waals surface area (Å²) in [5, 5.41) is 3.13. The SMILES string of the molecule is CSCCCNc1nc(N)nc(N(C)C)n1. The Morgan fingerprint density at radius 3 is 2.69 bits per heavy atom. The van der Waals surface area contributed by atoms with Crippen LogP contribution in [0.4, 0.5) is 17.8 Å². The Kier molecular flexibility index (Phi) is 5.10. The van der Waals surface area contributed by atoms with Gasteiger partial charge < -0.3 is 16.0 Å². The molecule has 0 bridgehead atoms. The summed E-state index contributed by atoms with van der Waals surface area (Å²) in [6.45, 7) is 0.844. The van der Waals surface area contributed by atoms with Crippen molar-refractivity contribution in [3.05, 3.63) is 0 Å². The van der Waals surface area contributed by atoms with Gasteiger partial charge >= 0.3 is 0 Å². The third kappa shape index (κ3) is 4.09. The number of rotatable bonds is 6. The van der Waals surface area contributed by atoms with Crippen LogP contribution in [0.2, 0.25) is 0 Å². The van der Waals surface area contributed by atoms with Crippen molar-refractivity contribution in [3.63, 3.8) is 0 Å². The predicted molar refractivity (Wildman–Crippen MR) is 70.1 cm³/mol. The first-order chi connectivity index (χ1) is 7.63. The summed E-state index contributed by atoms with van der Waals surface area (Å²) in [7, 11) is 3.73. The Hall–Kier alpha value is -1.24. The molecule has 1 aromatic heterocycles. The fourth-order valence-corrected chi connectivity index (χ4v) is 1.51. The van der Waals surface area contributed by atoms with Gasteiger partial charge in [0, 0.05) is 20.6 Å². The van der Waals surface area contributed by atoms with Gasteiger partial charge in [0.05, 0.1) is 0 Å². The van der Waals surface area contributed by atoms with E-state index >= 15 is 0 Å². The zero-order valence-electron chi connectivity index (χ0n) is 9.90. The van der Waals surface area contributed by atoms with Crippen LogP contribution in [-0.2, 0) is 0 Å². The van der Waals surface area contributed by atoms with E-state index < -0.39 is 0 Å². The summed E-state index contributed by atoms with van der Waals surface area (Å²) in [4.78, 5) is 14.1. The molecule has 1 aromatic rings. The molecule has 0 spiro atoms. The van der Waals surface area contributed by atoms with Gasteiger partial charge in [0.1, 0.15) is 0 Å². The maximum absolute atomic E-state index is 5.59. The Morgan fingerprint density at radius 1 is 1.31 bits per heavy atom. The molecule has 7 heteroatoms. The molecule has 1 rings (SSSR count). The number of hydrogen-bond acceptors (Lipinski definition) is 7. The van der Waals surface area contributed by atoms with Crippen LogP contribution in [0.25, 0.3) is 0 Å². The number of anilines is 3. The Labute approximate surface area is 100 Å². The van der Waals surface area contributed by atoms with Crippen LogP contribution < -0.4 is 16.0 Å². The fourth-order valence-electron chi connectivity index (χ4n) is 1.08. The van der Waals surface area contributed by atoms with Crippen molar-refractivity contribution in [2.24, 2.45) is 0 Å². The number of nitrogens with two attached hydrogens (primary N) is 1. The third-order valence-electron chi connectivity index (χ3n) is 1.85. The van der Waals surface area contributed by atoms with Gasteiger partial charge in [-0.25, -0.2) is 0 Å². The van der Waals surface area contributed by atoms with Crippen LogP contribution in [0.5, 0.6) is 0 Å². The number of nitrogen functional groups attached to an aromatic ring is 1. The van der Waals surface area contributed by atoms with Gasteiger partial charge in [-0.2, -0.15) is 26.7 Å². The molecule has 0 saturated carbocycles. The van der Waals surface area contributed by atoms with Crippen molar-refractivity contribution in [1.29, 1.82) is 0 Å². The van der Waals surface area contributed by atoms with E-state index in [1.54, 1.807) is 4.90 Å². The van der Waals surface area contributed by atoms with Gasteiger partial charge in [-0.05, 0) is 18.4 Å². The average molecular weight is 242 g/mol. The lowest BCUT2D eigenvalue weighted by atomic mass is 10.5. The summed E-state index contributed by atoms with van der Waals surface area (Å²) in [6, 6.07) is 0. The van der Waals surface area contributed by atoms with Crippen molar-refractivity contribution in [1.82, 2.24) is 15.0 Å². The monoisotopic (exact) mass is 242 g/mol. The van der Waals surface area contributed by atoms with Crippen molar-refractivity contribution in [2.45, 2.75) is 6.42 Å². The van der Waals surface area contributed by atoms with E-state index in [0.717, 1.165) is 18.7 Å². The van der Waals surface area contributed by atoms with E-state index in [0.29, 0.717) is 11.9 Å². The smallest absolute Gasteiger partial charge is 0.231 e. The quantitative estimate of drug-likeness (QED) is 0.710. The normalized spacial score (nSPS) is 10.2. The highest BCUT2D eigenvalue weighted by atomic mass is 32.2. The average Bonchev–Trinajstić information content (AvgIpc) is 2.23. The van der Waals surface area contributed by atoms with Crippen molar-refractivity contribution in [2.75, 3.05) is 48.6 Å². The molecule has 0 saturated heterocycles. The molecule has 0 aliphatic carbocycles. The van der Waals surface area contributed by atoms with Gasteiger partial charge in [-0.3, -0.25) is 0 Å². The lowest BCUT2D eigenvalue weighted by Gasteiger charge is -2.11. The second-order valence-corrected chi connectivity index (χ2v) is 4.47. The highest BCUT2D eigenvalue weighted by molar-refractivity contribution is 7.98. The maximum atomic E-state index is 5.59. The molecule has 6 nitrogen and oxygen atoms in total. The van der Waals surface area contributed by atoms with E-state index in [4.69, 9.17) is 5.73 Å². The Morgan fingerprint density at radius 2 is 2.06 bits per heavy atom. The maximum Gasteiger partial charge on any atom is 0.231 e.